The number of hydrogen-bond acceptors (Lipinski definition) is 2. The topological polar surface area (TPSA) is 52.6 Å². The maximum Gasteiger partial charge on any atom is 0.416 e. The number of aliphatic hydroxyl groups is 1. The van der Waals surface area contributed by atoms with E-state index in [9.17, 15) is 23.1 Å². The highest BCUT2D eigenvalue weighted by atomic mass is 19.4. The van der Waals surface area contributed by atoms with Crippen molar-refractivity contribution in [1.29, 1.82) is 0 Å². The Morgan fingerprint density at radius 1 is 1.30 bits per heavy atom. The van der Waals surface area contributed by atoms with Gasteiger partial charge in [-0.1, -0.05) is 32.0 Å². The lowest BCUT2D eigenvalue weighted by Crippen LogP contribution is -2.45. The molecular weight excluding hydrogens is 309 g/mol. The van der Waals surface area contributed by atoms with E-state index < -0.39 is 23.3 Å². The Hall–Kier alpha value is -1.76. The van der Waals surface area contributed by atoms with Crippen molar-refractivity contribution in [3.8, 4) is 0 Å². The summed E-state index contributed by atoms with van der Waals surface area (Å²) in [7, 11) is 1.54. The van der Waals surface area contributed by atoms with E-state index in [0.29, 0.717) is 5.56 Å². The van der Waals surface area contributed by atoms with Gasteiger partial charge in [0.2, 0.25) is 0 Å². The quantitative estimate of drug-likeness (QED) is 0.871. The molecule has 0 radical (unpaired) electrons. The molecule has 0 aliphatic heterocycles. The zero-order valence-electron chi connectivity index (χ0n) is 13.7. The number of rotatable bonds is 5. The van der Waals surface area contributed by atoms with Crippen LogP contribution in [0.1, 0.15) is 31.9 Å². The van der Waals surface area contributed by atoms with Gasteiger partial charge in [-0.15, -0.1) is 0 Å². The van der Waals surface area contributed by atoms with Crippen LogP contribution < -0.4 is 5.32 Å². The van der Waals surface area contributed by atoms with Crippen molar-refractivity contribution >= 4 is 6.03 Å². The Morgan fingerprint density at radius 2 is 1.87 bits per heavy atom. The van der Waals surface area contributed by atoms with Gasteiger partial charge in [0, 0.05) is 25.6 Å². The van der Waals surface area contributed by atoms with Crippen molar-refractivity contribution in [2.45, 2.75) is 38.5 Å². The van der Waals surface area contributed by atoms with Crippen LogP contribution >= 0.6 is 0 Å². The average Bonchev–Trinajstić information content (AvgIpc) is 2.43. The second-order valence-electron chi connectivity index (χ2n) is 6.35. The third-order valence-electron chi connectivity index (χ3n) is 3.54. The van der Waals surface area contributed by atoms with Crippen molar-refractivity contribution in [3.05, 3.63) is 35.4 Å². The lowest BCUT2D eigenvalue weighted by Gasteiger charge is -2.28. The van der Waals surface area contributed by atoms with Gasteiger partial charge in [-0.3, -0.25) is 0 Å². The monoisotopic (exact) mass is 332 g/mol. The summed E-state index contributed by atoms with van der Waals surface area (Å²) in [6.45, 7) is 5.44. The molecule has 0 saturated carbocycles. The number of hydrogen-bond donors (Lipinski definition) is 2. The van der Waals surface area contributed by atoms with Gasteiger partial charge in [0.05, 0.1) is 11.7 Å². The second kappa shape index (κ2) is 7.21. The van der Waals surface area contributed by atoms with Crippen LogP contribution in [0.4, 0.5) is 18.0 Å². The van der Waals surface area contributed by atoms with Crippen LogP contribution in [-0.2, 0) is 11.6 Å². The SMILES string of the molecule is CC(O)CN(C)C(=O)NCC(C)(C)c1cccc(C(F)(F)F)c1. The van der Waals surface area contributed by atoms with E-state index in [1.165, 1.54) is 11.0 Å². The molecule has 2 N–H and O–H groups in total. The number of urea groups is 1. The van der Waals surface area contributed by atoms with Crippen LogP contribution in [0, 0.1) is 0 Å². The first-order valence-corrected chi connectivity index (χ1v) is 7.28. The highest BCUT2D eigenvalue weighted by Crippen LogP contribution is 2.32. The van der Waals surface area contributed by atoms with E-state index in [2.05, 4.69) is 5.32 Å². The zero-order valence-corrected chi connectivity index (χ0v) is 13.7. The fraction of sp³-hybridized carbons (Fsp3) is 0.562. The molecule has 0 aromatic heterocycles. The third-order valence-corrected chi connectivity index (χ3v) is 3.54. The van der Waals surface area contributed by atoms with Crippen LogP contribution in [0.2, 0.25) is 0 Å². The molecule has 1 aromatic carbocycles. The number of halogens is 3. The number of nitrogens with one attached hydrogen (secondary N) is 1. The van der Waals surface area contributed by atoms with Gasteiger partial charge in [0.1, 0.15) is 0 Å². The number of amides is 2. The molecule has 23 heavy (non-hydrogen) atoms. The van der Waals surface area contributed by atoms with E-state index in [1.54, 1.807) is 33.9 Å². The number of likely N-dealkylation sites (N-methyl/N-ethyl adjacent to an activating group) is 1. The minimum atomic E-state index is -4.40. The fourth-order valence-corrected chi connectivity index (χ4v) is 2.13. The van der Waals surface area contributed by atoms with Crippen molar-refractivity contribution in [2.75, 3.05) is 20.1 Å². The molecule has 0 heterocycles. The first-order valence-electron chi connectivity index (χ1n) is 7.28. The van der Waals surface area contributed by atoms with Crippen molar-refractivity contribution < 1.29 is 23.1 Å². The molecular formula is C16H23F3N2O2. The highest BCUT2D eigenvalue weighted by molar-refractivity contribution is 5.74. The molecule has 1 rings (SSSR count). The van der Waals surface area contributed by atoms with Gasteiger partial charge in [-0.25, -0.2) is 4.79 Å². The van der Waals surface area contributed by atoms with Crippen molar-refractivity contribution in [3.63, 3.8) is 0 Å². The Kier molecular flexibility index (Phi) is 6.04. The zero-order chi connectivity index (χ0) is 17.8. The lowest BCUT2D eigenvalue weighted by atomic mass is 9.84. The lowest BCUT2D eigenvalue weighted by molar-refractivity contribution is -0.137. The van der Waals surface area contributed by atoms with Crippen molar-refractivity contribution in [2.24, 2.45) is 0 Å². The second-order valence-corrected chi connectivity index (χ2v) is 6.35. The molecule has 1 unspecified atom stereocenters. The fourth-order valence-electron chi connectivity index (χ4n) is 2.13. The standard InChI is InChI=1S/C16H23F3N2O2/c1-11(22)9-21(4)14(23)20-10-15(2,3)12-6-5-7-13(8-12)16(17,18)19/h5-8,11,22H,9-10H2,1-4H3,(H,20,23). The van der Waals surface area contributed by atoms with Crippen LogP contribution in [0.3, 0.4) is 0 Å². The first kappa shape index (κ1) is 19.3. The molecule has 0 bridgehead atoms. The number of carbonyl (C=O) groups is 1. The van der Waals surface area contributed by atoms with Gasteiger partial charge in [-0.2, -0.15) is 13.2 Å². The number of aliphatic hydroxyl groups excluding tert-OH is 1. The summed E-state index contributed by atoms with van der Waals surface area (Å²) < 4.78 is 38.4. The van der Waals surface area contributed by atoms with Crippen LogP contribution in [0.5, 0.6) is 0 Å². The number of alkyl halides is 3. The molecule has 0 fully saturated rings. The Labute approximate surface area is 134 Å². The summed E-state index contributed by atoms with van der Waals surface area (Å²) in [4.78, 5) is 13.2. The van der Waals surface area contributed by atoms with E-state index in [1.807, 2.05) is 0 Å². The van der Waals surface area contributed by atoms with Crippen LogP contribution in [0.25, 0.3) is 0 Å². The van der Waals surface area contributed by atoms with Gasteiger partial charge < -0.3 is 15.3 Å². The largest absolute Gasteiger partial charge is 0.416 e. The predicted molar refractivity (Wildman–Crippen MR) is 82.2 cm³/mol. The molecule has 0 aliphatic carbocycles. The Morgan fingerprint density at radius 3 is 2.39 bits per heavy atom. The summed E-state index contributed by atoms with van der Waals surface area (Å²) >= 11 is 0. The Bertz CT molecular complexity index is 542. The minimum absolute atomic E-state index is 0.176. The molecule has 1 aromatic rings. The summed E-state index contributed by atoms with van der Waals surface area (Å²) in [5.41, 5.74) is -0.880. The molecule has 1 atom stereocenters. The van der Waals surface area contributed by atoms with E-state index in [-0.39, 0.29) is 19.1 Å². The summed E-state index contributed by atoms with van der Waals surface area (Å²) in [6.07, 6.45) is -5.05. The maximum atomic E-state index is 12.8. The van der Waals surface area contributed by atoms with Crippen LogP contribution in [-0.4, -0.2) is 42.3 Å². The summed E-state index contributed by atoms with van der Waals surface area (Å²) in [5, 5.41) is 11.9. The molecule has 0 saturated heterocycles. The molecule has 0 spiro atoms. The number of carbonyl (C=O) groups excluding carboxylic acids is 1. The van der Waals surface area contributed by atoms with Crippen LogP contribution in [0.15, 0.2) is 24.3 Å². The maximum absolute atomic E-state index is 12.8. The average molecular weight is 332 g/mol. The molecule has 4 nitrogen and oxygen atoms in total. The minimum Gasteiger partial charge on any atom is -0.392 e. The highest BCUT2D eigenvalue weighted by Gasteiger charge is 2.32. The third kappa shape index (κ3) is 5.74. The van der Waals surface area contributed by atoms with Gasteiger partial charge in [0.15, 0.2) is 0 Å². The number of benzene rings is 1. The molecule has 130 valence electrons. The van der Waals surface area contributed by atoms with E-state index in [0.717, 1.165) is 12.1 Å². The van der Waals surface area contributed by atoms with E-state index >= 15 is 0 Å². The van der Waals surface area contributed by atoms with Gasteiger partial charge >= 0.3 is 12.2 Å². The van der Waals surface area contributed by atoms with E-state index in [4.69, 9.17) is 0 Å². The smallest absolute Gasteiger partial charge is 0.392 e. The number of nitrogens with zero attached hydrogens (tertiary/aromatic N) is 1. The Balaban J connectivity index is 2.78. The summed E-state index contributed by atoms with van der Waals surface area (Å²) in [6, 6.07) is 4.72. The van der Waals surface area contributed by atoms with Gasteiger partial charge in [-0.05, 0) is 18.6 Å². The predicted octanol–water partition coefficient (Wildman–Crippen LogP) is 3.01. The normalized spacial score (nSPS) is 13.6. The summed E-state index contributed by atoms with van der Waals surface area (Å²) in [5.74, 6) is 0. The van der Waals surface area contributed by atoms with Crippen molar-refractivity contribution in [1.82, 2.24) is 10.2 Å². The molecule has 2 amide bonds. The molecule has 7 heteroatoms. The molecule has 0 aliphatic rings. The van der Waals surface area contributed by atoms with Gasteiger partial charge in [0.25, 0.3) is 0 Å². The first-order chi connectivity index (χ1) is 10.4.